The molecule has 0 saturated heterocycles. The van der Waals surface area contributed by atoms with Gasteiger partial charge in [0.2, 0.25) is 5.82 Å². The number of hydrogen-bond acceptors (Lipinski definition) is 5. The van der Waals surface area contributed by atoms with Crippen LogP contribution in [0.3, 0.4) is 0 Å². The van der Waals surface area contributed by atoms with Gasteiger partial charge in [0.1, 0.15) is 5.75 Å². The highest BCUT2D eigenvalue weighted by Gasteiger charge is 2.68. The van der Waals surface area contributed by atoms with Gasteiger partial charge in [-0.25, -0.2) is 9.97 Å². The summed E-state index contributed by atoms with van der Waals surface area (Å²) in [5.41, 5.74) is 0.782. The number of nitrogens with zero attached hydrogens (tertiary/aromatic N) is 2. The van der Waals surface area contributed by atoms with Crippen molar-refractivity contribution in [1.82, 2.24) is 15.3 Å². The number of alkyl halides is 3. The number of anilines is 1. The van der Waals surface area contributed by atoms with Crippen LogP contribution < -0.4 is 15.4 Å². The van der Waals surface area contributed by atoms with Crippen molar-refractivity contribution in [1.29, 1.82) is 0 Å². The summed E-state index contributed by atoms with van der Waals surface area (Å²) in [5, 5.41) is 6.80. The fraction of sp³-hybridized carbons (Fsp3) is 0.421. The van der Waals surface area contributed by atoms with Gasteiger partial charge in [0, 0.05) is 16.1 Å². The highest BCUT2D eigenvalue weighted by molar-refractivity contribution is 6.31. The maximum Gasteiger partial charge on any atom is 0.451 e. The summed E-state index contributed by atoms with van der Waals surface area (Å²) < 4.78 is 43.1. The third kappa shape index (κ3) is 3.96. The molecule has 10 heteroatoms. The molecule has 0 unspecified atom stereocenters. The number of halogens is 4. The second-order valence-electron chi connectivity index (χ2n) is 7.76. The summed E-state index contributed by atoms with van der Waals surface area (Å²) in [6.07, 6.45) is -0.241. The first-order valence-corrected chi connectivity index (χ1v) is 9.33. The molecule has 0 radical (unpaired) electrons. The molecule has 2 N–H and O–H groups in total. The zero-order valence-electron chi connectivity index (χ0n) is 15.4. The van der Waals surface area contributed by atoms with Crippen LogP contribution in [-0.2, 0) is 11.0 Å². The molecule has 6 nitrogen and oxygen atoms in total. The molecule has 2 aromatic rings. The van der Waals surface area contributed by atoms with E-state index in [4.69, 9.17) is 16.3 Å². The van der Waals surface area contributed by atoms with E-state index in [0.29, 0.717) is 35.7 Å². The Labute approximate surface area is 169 Å². The summed E-state index contributed by atoms with van der Waals surface area (Å²) in [6.45, 7) is 1.75. The Balaban J connectivity index is 1.24. The summed E-state index contributed by atoms with van der Waals surface area (Å²) in [4.78, 5) is 18.9. The standard InChI is InChI=1S/C19H18ClF3N4O2/c1-11-4-13(2-3-14(11)20)29-7-15(28)27-18-8-17(9-18,10-18)26-12-5-24-16(25-6-12)19(21,22)23/h2-6,26H,7-10H2,1H3,(H,27,28). The lowest BCUT2D eigenvalue weighted by atomic mass is 9.44. The van der Waals surface area contributed by atoms with Gasteiger partial charge in [-0.3, -0.25) is 4.79 Å². The lowest BCUT2D eigenvalue weighted by molar-refractivity contribution is -0.145. The number of amides is 1. The van der Waals surface area contributed by atoms with E-state index in [9.17, 15) is 18.0 Å². The highest BCUT2D eigenvalue weighted by atomic mass is 35.5. The molecule has 1 amide bonds. The maximum absolute atomic E-state index is 12.5. The van der Waals surface area contributed by atoms with Gasteiger partial charge in [-0.1, -0.05) is 11.6 Å². The molecule has 0 atom stereocenters. The first-order chi connectivity index (χ1) is 13.6. The van der Waals surface area contributed by atoms with E-state index < -0.39 is 12.0 Å². The molecule has 3 saturated carbocycles. The molecular weight excluding hydrogens is 409 g/mol. The monoisotopic (exact) mass is 426 g/mol. The molecule has 1 aromatic heterocycles. The number of rotatable bonds is 6. The molecule has 154 valence electrons. The largest absolute Gasteiger partial charge is 0.484 e. The smallest absolute Gasteiger partial charge is 0.451 e. The van der Waals surface area contributed by atoms with Crippen LogP contribution >= 0.6 is 11.6 Å². The van der Waals surface area contributed by atoms with Gasteiger partial charge in [-0.15, -0.1) is 0 Å². The molecule has 3 fully saturated rings. The SMILES string of the molecule is Cc1cc(OCC(=O)NC23CC(Nc4cnc(C(F)(F)F)nc4)(C2)C3)ccc1Cl. The van der Waals surface area contributed by atoms with Gasteiger partial charge < -0.3 is 15.4 Å². The Bertz CT molecular complexity index is 930. The van der Waals surface area contributed by atoms with Crippen LogP contribution in [0, 0.1) is 6.92 Å². The number of aromatic nitrogens is 2. The van der Waals surface area contributed by atoms with Crippen LogP contribution in [-0.4, -0.2) is 33.6 Å². The third-order valence-electron chi connectivity index (χ3n) is 5.25. The normalized spacial score (nSPS) is 24.9. The predicted molar refractivity (Wildman–Crippen MR) is 99.8 cm³/mol. The van der Waals surface area contributed by atoms with Gasteiger partial charge in [0.25, 0.3) is 5.91 Å². The quantitative estimate of drug-likeness (QED) is 0.736. The number of ether oxygens (including phenoxy) is 1. The van der Waals surface area contributed by atoms with E-state index in [2.05, 4.69) is 20.6 Å². The highest BCUT2D eigenvalue weighted by Crippen LogP contribution is 2.61. The fourth-order valence-electron chi connectivity index (χ4n) is 4.09. The van der Waals surface area contributed by atoms with Crippen molar-refractivity contribution in [3.63, 3.8) is 0 Å². The van der Waals surface area contributed by atoms with Gasteiger partial charge in [-0.2, -0.15) is 13.2 Å². The molecule has 29 heavy (non-hydrogen) atoms. The predicted octanol–water partition coefficient (Wildman–Crippen LogP) is 3.74. The summed E-state index contributed by atoms with van der Waals surface area (Å²) >= 11 is 5.96. The number of nitrogens with one attached hydrogen (secondary N) is 2. The number of hydrogen-bond donors (Lipinski definition) is 2. The zero-order valence-corrected chi connectivity index (χ0v) is 16.2. The third-order valence-corrected chi connectivity index (χ3v) is 5.67. The lowest BCUT2D eigenvalue weighted by Crippen LogP contribution is -2.81. The average Bonchev–Trinajstić information content (AvgIpc) is 2.59. The zero-order chi connectivity index (χ0) is 20.9. The Kier molecular flexibility index (Phi) is 4.60. The molecule has 3 aliphatic carbocycles. The molecule has 3 aliphatic rings. The average molecular weight is 427 g/mol. The molecule has 0 spiro atoms. The summed E-state index contributed by atoms with van der Waals surface area (Å²) in [5.74, 6) is -0.816. The first kappa shape index (κ1) is 19.8. The summed E-state index contributed by atoms with van der Waals surface area (Å²) in [7, 11) is 0. The molecule has 0 aliphatic heterocycles. The minimum Gasteiger partial charge on any atom is -0.484 e. The molecule has 1 aromatic carbocycles. The van der Waals surface area contributed by atoms with Crippen LogP contribution in [0.4, 0.5) is 18.9 Å². The fourth-order valence-corrected chi connectivity index (χ4v) is 4.20. The Morgan fingerprint density at radius 1 is 1.21 bits per heavy atom. The van der Waals surface area contributed by atoms with Crippen LogP contribution in [0.2, 0.25) is 5.02 Å². The van der Waals surface area contributed by atoms with E-state index in [1.165, 1.54) is 0 Å². The van der Waals surface area contributed by atoms with Gasteiger partial charge in [0.05, 0.1) is 18.1 Å². The van der Waals surface area contributed by atoms with E-state index in [0.717, 1.165) is 18.0 Å². The van der Waals surface area contributed by atoms with E-state index in [1.807, 2.05) is 6.92 Å². The van der Waals surface area contributed by atoms with Crippen molar-refractivity contribution in [3.8, 4) is 5.75 Å². The Hall–Kier alpha value is -2.55. The van der Waals surface area contributed by atoms with Crippen molar-refractivity contribution in [2.45, 2.75) is 43.4 Å². The molecule has 2 bridgehead atoms. The molecular formula is C19H18ClF3N4O2. The second kappa shape index (κ2) is 6.76. The van der Waals surface area contributed by atoms with Crippen molar-refractivity contribution in [2.24, 2.45) is 0 Å². The van der Waals surface area contributed by atoms with E-state index >= 15 is 0 Å². The number of carbonyl (C=O) groups excluding carboxylic acids is 1. The maximum atomic E-state index is 12.5. The van der Waals surface area contributed by atoms with Crippen LogP contribution in [0.5, 0.6) is 5.75 Å². The van der Waals surface area contributed by atoms with Crippen LogP contribution in [0.1, 0.15) is 30.7 Å². The minimum absolute atomic E-state index is 0.101. The minimum atomic E-state index is -4.56. The Morgan fingerprint density at radius 3 is 2.45 bits per heavy atom. The van der Waals surface area contributed by atoms with E-state index in [1.54, 1.807) is 18.2 Å². The summed E-state index contributed by atoms with van der Waals surface area (Å²) in [6, 6.07) is 5.18. The van der Waals surface area contributed by atoms with Crippen molar-refractivity contribution in [2.75, 3.05) is 11.9 Å². The van der Waals surface area contributed by atoms with Crippen molar-refractivity contribution < 1.29 is 22.7 Å². The lowest BCUT2D eigenvalue weighted by Gasteiger charge is -2.70. The molecule has 1 heterocycles. The molecule has 5 rings (SSSR count). The van der Waals surface area contributed by atoms with Gasteiger partial charge >= 0.3 is 6.18 Å². The second-order valence-corrected chi connectivity index (χ2v) is 8.16. The van der Waals surface area contributed by atoms with Crippen molar-refractivity contribution >= 4 is 23.2 Å². The topological polar surface area (TPSA) is 76.1 Å². The van der Waals surface area contributed by atoms with Gasteiger partial charge in [-0.05, 0) is 49.9 Å². The Morgan fingerprint density at radius 2 is 1.86 bits per heavy atom. The van der Waals surface area contributed by atoms with Crippen LogP contribution in [0.25, 0.3) is 0 Å². The first-order valence-electron chi connectivity index (χ1n) is 8.96. The van der Waals surface area contributed by atoms with Crippen molar-refractivity contribution in [3.05, 3.63) is 47.0 Å². The van der Waals surface area contributed by atoms with Crippen LogP contribution in [0.15, 0.2) is 30.6 Å². The van der Waals surface area contributed by atoms with Gasteiger partial charge in [0.15, 0.2) is 6.61 Å². The number of carbonyl (C=O) groups is 1. The number of aryl methyl sites for hydroxylation is 1. The van der Waals surface area contributed by atoms with E-state index in [-0.39, 0.29) is 23.6 Å². The number of benzene rings is 1.